The number of halogens is 5. The van der Waals surface area contributed by atoms with Crippen LogP contribution in [0.15, 0.2) is 42.5 Å². The van der Waals surface area contributed by atoms with E-state index < -0.39 is 34.7 Å². The van der Waals surface area contributed by atoms with E-state index in [0.717, 1.165) is 12.1 Å². The molecule has 3 rings (SSSR count). The molecule has 162 valence electrons. The molecular weight excluding hydrogens is 448 g/mol. The summed E-state index contributed by atoms with van der Waals surface area (Å²) in [6.07, 6.45) is -0.536. The van der Waals surface area contributed by atoms with Crippen molar-refractivity contribution in [1.82, 2.24) is 4.90 Å². The zero-order valence-corrected chi connectivity index (χ0v) is 16.9. The second-order valence-electron chi connectivity index (χ2n) is 6.56. The molecular formula is C19H17Cl2F3N2O4. The van der Waals surface area contributed by atoms with Crippen LogP contribution in [0.3, 0.4) is 0 Å². The number of morpholine rings is 1. The molecule has 1 N–H and O–H groups in total. The molecule has 0 radical (unpaired) electrons. The fourth-order valence-corrected chi connectivity index (χ4v) is 3.33. The van der Waals surface area contributed by atoms with Gasteiger partial charge >= 0.3 is 12.3 Å². The second kappa shape index (κ2) is 8.87. The van der Waals surface area contributed by atoms with Crippen molar-refractivity contribution in [1.29, 1.82) is 0 Å². The summed E-state index contributed by atoms with van der Waals surface area (Å²) in [7, 11) is 0. The van der Waals surface area contributed by atoms with Crippen LogP contribution in [0.2, 0.25) is 5.02 Å². The summed E-state index contributed by atoms with van der Waals surface area (Å²) in [5.74, 6) is -0.814. The summed E-state index contributed by atoms with van der Waals surface area (Å²) < 4.78 is 49.0. The Kier molecular flexibility index (Phi) is 6.64. The molecule has 11 heteroatoms. The van der Waals surface area contributed by atoms with Crippen molar-refractivity contribution < 1.29 is 32.2 Å². The molecule has 2 amide bonds. The molecule has 1 aliphatic carbocycles. The van der Waals surface area contributed by atoms with Crippen LogP contribution in [-0.4, -0.2) is 54.2 Å². The first-order chi connectivity index (χ1) is 14.1. The maximum absolute atomic E-state index is 12.9. The Hall–Kier alpha value is -2.23. The lowest BCUT2D eigenvalue weighted by atomic mass is 9.95. The highest BCUT2D eigenvalue weighted by Crippen LogP contribution is 2.35. The van der Waals surface area contributed by atoms with Crippen LogP contribution in [0.4, 0.5) is 23.7 Å². The highest BCUT2D eigenvalue weighted by molar-refractivity contribution is 6.40. The van der Waals surface area contributed by atoms with Crippen molar-refractivity contribution in [3.8, 4) is 0 Å². The van der Waals surface area contributed by atoms with E-state index in [4.69, 9.17) is 32.7 Å². The zero-order valence-electron chi connectivity index (χ0n) is 15.4. The molecule has 1 aromatic carbocycles. The molecule has 0 spiro atoms. The first kappa shape index (κ1) is 22.5. The minimum absolute atomic E-state index is 0.0594. The number of hydrogen-bond donors (Lipinski definition) is 1. The fourth-order valence-electron chi connectivity index (χ4n) is 2.87. The maximum Gasteiger partial charge on any atom is 0.416 e. The highest BCUT2D eigenvalue weighted by Gasteiger charge is 2.45. The van der Waals surface area contributed by atoms with Gasteiger partial charge in [0.25, 0.3) is 5.91 Å². The van der Waals surface area contributed by atoms with E-state index in [9.17, 15) is 22.8 Å². The first-order valence-electron chi connectivity index (χ1n) is 8.88. The second-order valence-corrected chi connectivity index (χ2v) is 7.59. The van der Waals surface area contributed by atoms with Crippen molar-refractivity contribution in [2.24, 2.45) is 0 Å². The lowest BCUT2D eigenvalue weighted by Crippen LogP contribution is -2.51. The van der Waals surface area contributed by atoms with Gasteiger partial charge in [0, 0.05) is 13.1 Å². The Morgan fingerprint density at radius 2 is 1.93 bits per heavy atom. The number of amides is 2. The van der Waals surface area contributed by atoms with E-state index in [1.165, 1.54) is 23.1 Å². The molecule has 6 nitrogen and oxygen atoms in total. The Morgan fingerprint density at radius 1 is 1.23 bits per heavy atom. The summed E-state index contributed by atoms with van der Waals surface area (Å²) in [5, 5.41) is 2.09. The quantitative estimate of drug-likeness (QED) is 0.679. The molecule has 0 aromatic heterocycles. The number of benzene rings is 1. The van der Waals surface area contributed by atoms with Gasteiger partial charge in [-0.2, -0.15) is 13.2 Å². The number of anilines is 1. The van der Waals surface area contributed by atoms with Gasteiger partial charge in [-0.15, -0.1) is 0 Å². The smallest absolute Gasteiger partial charge is 0.416 e. The summed E-state index contributed by atoms with van der Waals surface area (Å²) in [6, 6.07) is 2.51. The predicted molar refractivity (Wildman–Crippen MR) is 105 cm³/mol. The first-order valence-corrected chi connectivity index (χ1v) is 9.63. The maximum atomic E-state index is 12.9. The number of nitrogens with one attached hydrogen (secondary N) is 1. The molecule has 1 aliphatic heterocycles. The van der Waals surface area contributed by atoms with Gasteiger partial charge in [0.2, 0.25) is 0 Å². The van der Waals surface area contributed by atoms with Gasteiger partial charge in [-0.05, 0) is 24.3 Å². The van der Waals surface area contributed by atoms with Crippen molar-refractivity contribution in [3.63, 3.8) is 0 Å². The van der Waals surface area contributed by atoms with Gasteiger partial charge in [0.05, 0.1) is 29.5 Å². The molecule has 2 aliphatic rings. The molecule has 1 fully saturated rings. The Morgan fingerprint density at radius 3 is 2.57 bits per heavy atom. The molecule has 1 saturated heterocycles. The van der Waals surface area contributed by atoms with Crippen LogP contribution in [0, 0.1) is 0 Å². The summed E-state index contributed by atoms with van der Waals surface area (Å²) in [5.41, 5.74) is -1.01. The van der Waals surface area contributed by atoms with E-state index in [1.54, 1.807) is 6.08 Å². The number of carbonyl (C=O) groups is 2. The molecule has 30 heavy (non-hydrogen) atoms. The van der Waals surface area contributed by atoms with E-state index in [0.29, 0.717) is 32.4 Å². The van der Waals surface area contributed by atoms with Crippen LogP contribution in [0.25, 0.3) is 0 Å². The van der Waals surface area contributed by atoms with Crippen molar-refractivity contribution >= 4 is 40.9 Å². The SMILES string of the molecule is O=C(OC1C=CC=CC1(Cl)C(=O)Nc1ccc(C(F)(F)F)cc1Cl)N1CCOCC1. The van der Waals surface area contributed by atoms with E-state index in [2.05, 4.69) is 5.32 Å². The van der Waals surface area contributed by atoms with Crippen molar-refractivity contribution in [2.75, 3.05) is 31.6 Å². The van der Waals surface area contributed by atoms with Crippen molar-refractivity contribution in [3.05, 3.63) is 53.1 Å². The standard InChI is InChI=1S/C19H17Cl2F3N2O4/c20-13-11-12(19(22,23)24)4-5-14(13)25-16(27)18(21)6-2-1-3-15(18)30-17(28)26-7-9-29-10-8-26/h1-6,11,15H,7-10H2,(H,25,27). The van der Waals surface area contributed by atoms with Crippen LogP contribution >= 0.6 is 23.2 Å². The molecule has 0 saturated carbocycles. The number of ether oxygens (including phenoxy) is 2. The van der Waals surface area contributed by atoms with Gasteiger partial charge in [0.15, 0.2) is 11.0 Å². The Labute approximate surface area is 180 Å². The fraction of sp³-hybridized carbons (Fsp3) is 0.368. The lowest BCUT2D eigenvalue weighted by molar-refractivity contribution is -0.137. The number of allylic oxidation sites excluding steroid dienone is 2. The number of rotatable bonds is 3. The van der Waals surface area contributed by atoms with Gasteiger partial charge in [0.1, 0.15) is 0 Å². The Bertz CT molecular complexity index is 885. The van der Waals surface area contributed by atoms with Crippen molar-refractivity contribution in [2.45, 2.75) is 17.2 Å². The molecule has 1 heterocycles. The zero-order chi connectivity index (χ0) is 21.9. The van der Waals surface area contributed by atoms with Crippen LogP contribution in [0.1, 0.15) is 5.56 Å². The van der Waals surface area contributed by atoms with E-state index >= 15 is 0 Å². The van der Waals surface area contributed by atoms with Gasteiger partial charge < -0.3 is 19.7 Å². The third-order valence-corrected chi connectivity index (χ3v) is 5.36. The Balaban J connectivity index is 1.75. The third-order valence-electron chi connectivity index (χ3n) is 4.54. The average Bonchev–Trinajstić information content (AvgIpc) is 2.71. The summed E-state index contributed by atoms with van der Waals surface area (Å²) >= 11 is 12.4. The van der Waals surface area contributed by atoms with Gasteiger partial charge in [-0.1, -0.05) is 41.4 Å². The number of hydrogen-bond acceptors (Lipinski definition) is 4. The number of carbonyl (C=O) groups excluding carboxylic acids is 2. The van der Waals surface area contributed by atoms with E-state index in [-0.39, 0.29) is 10.7 Å². The highest BCUT2D eigenvalue weighted by atomic mass is 35.5. The minimum Gasteiger partial charge on any atom is -0.439 e. The predicted octanol–water partition coefficient (Wildman–Crippen LogP) is 4.24. The van der Waals surface area contributed by atoms with Crippen LogP contribution in [-0.2, 0) is 20.4 Å². The monoisotopic (exact) mass is 464 g/mol. The average molecular weight is 465 g/mol. The van der Waals surface area contributed by atoms with Crippen LogP contribution in [0.5, 0.6) is 0 Å². The normalized spacial score (nSPS) is 23.9. The van der Waals surface area contributed by atoms with Gasteiger partial charge in [-0.3, -0.25) is 4.79 Å². The van der Waals surface area contributed by atoms with E-state index in [1.807, 2.05) is 0 Å². The number of nitrogens with zero attached hydrogens (tertiary/aromatic N) is 1. The molecule has 2 atom stereocenters. The summed E-state index contributed by atoms with van der Waals surface area (Å²) in [6.45, 7) is 1.42. The van der Waals surface area contributed by atoms with Crippen LogP contribution < -0.4 is 5.32 Å². The summed E-state index contributed by atoms with van der Waals surface area (Å²) in [4.78, 5) is 24.9. The topological polar surface area (TPSA) is 67.9 Å². The number of alkyl halides is 4. The van der Waals surface area contributed by atoms with Gasteiger partial charge in [-0.25, -0.2) is 4.79 Å². The third kappa shape index (κ3) is 4.91. The lowest BCUT2D eigenvalue weighted by Gasteiger charge is -2.33. The minimum atomic E-state index is -4.57. The molecule has 2 unspecified atom stereocenters. The molecule has 0 bridgehead atoms. The largest absolute Gasteiger partial charge is 0.439 e. The molecule has 1 aromatic rings.